The van der Waals surface area contributed by atoms with Crippen molar-refractivity contribution in [2.75, 3.05) is 25.2 Å². The Labute approximate surface area is 83.6 Å². The number of carbonyl (C=O) groups is 1. The fraction of sp³-hybridized carbons (Fsp3) is 0.889. The molecule has 1 N–H and O–H groups in total. The van der Waals surface area contributed by atoms with Crippen LogP contribution in [0.1, 0.15) is 19.8 Å². The van der Waals surface area contributed by atoms with Gasteiger partial charge in [-0.15, -0.1) is 0 Å². The van der Waals surface area contributed by atoms with Crippen LogP contribution >= 0.6 is 11.8 Å². The molecule has 0 aromatic heterocycles. The Morgan fingerprint density at radius 2 is 2.46 bits per heavy atom. The Balaban J connectivity index is 2.61. The highest BCUT2D eigenvalue weighted by molar-refractivity contribution is 7.99. The van der Waals surface area contributed by atoms with Gasteiger partial charge < -0.3 is 10.1 Å². The molecule has 13 heavy (non-hydrogen) atoms. The summed E-state index contributed by atoms with van der Waals surface area (Å²) in [5, 5.41) is 3.11. The minimum Gasteiger partial charge on any atom is -0.465 e. The van der Waals surface area contributed by atoms with Crippen molar-refractivity contribution >= 4 is 17.7 Å². The zero-order valence-electron chi connectivity index (χ0n) is 8.26. The van der Waals surface area contributed by atoms with E-state index in [9.17, 15) is 4.79 Å². The lowest BCUT2D eigenvalue weighted by molar-refractivity contribution is -0.150. The van der Waals surface area contributed by atoms with Crippen LogP contribution in [0.25, 0.3) is 0 Å². The summed E-state index contributed by atoms with van der Waals surface area (Å²) in [6.07, 6.45) is 1.99. The molecule has 0 spiro atoms. The van der Waals surface area contributed by atoms with Crippen LogP contribution in [-0.2, 0) is 9.53 Å². The molecule has 1 aliphatic heterocycles. The van der Waals surface area contributed by atoms with Gasteiger partial charge in [0, 0.05) is 5.75 Å². The van der Waals surface area contributed by atoms with Gasteiger partial charge in [0.1, 0.15) is 5.54 Å². The van der Waals surface area contributed by atoms with Crippen molar-refractivity contribution in [1.29, 1.82) is 0 Å². The summed E-state index contributed by atoms with van der Waals surface area (Å²) in [7, 11) is 1.84. The summed E-state index contributed by atoms with van der Waals surface area (Å²) in [6.45, 7) is 2.31. The first-order valence-corrected chi connectivity index (χ1v) is 5.84. The van der Waals surface area contributed by atoms with Gasteiger partial charge in [0.15, 0.2) is 0 Å². The van der Waals surface area contributed by atoms with E-state index < -0.39 is 5.54 Å². The van der Waals surface area contributed by atoms with Gasteiger partial charge in [0.25, 0.3) is 0 Å². The smallest absolute Gasteiger partial charge is 0.327 e. The van der Waals surface area contributed by atoms with Crippen molar-refractivity contribution in [1.82, 2.24) is 5.32 Å². The summed E-state index contributed by atoms with van der Waals surface area (Å²) < 4.78 is 5.06. The number of hydrogen-bond donors (Lipinski definition) is 1. The standard InChI is InChI=1S/C9H17NO2S/c1-3-12-8(11)9(10-2)5-4-6-13-7-9/h10H,3-7H2,1-2H3. The molecule has 1 fully saturated rings. The van der Waals surface area contributed by atoms with E-state index in [4.69, 9.17) is 4.74 Å². The molecule has 0 saturated carbocycles. The molecule has 0 aromatic rings. The molecule has 1 aliphatic rings. The average Bonchev–Trinajstić information content (AvgIpc) is 2.19. The number of rotatable bonds is 3. The van der Waals surface area contributed by atoms with Crippen LogP contribution in [0.5, 0.6) is 0 Å². The van der Waals surface area contributed by atoms with E-state index in [-0.39, 0.29) is 5.97 Å². The fourth-order valence-electron chi connectivity index (χ4n) is 1.52. The molecule has 0 amide bonds. The number of likely N-dealkylation sites (N-methyl/N-ethyl adjacent to an activating group) is 1. The Morgan fingerprint density at radius 1 is 1.69 bits per heavy atom. The van der Waals surface area contributed by atoms with Crippen molar-refractivity contribution in [2.45, 2.75) is 25.3 Å². The van der Waals surface area contributed by atoms with E-state index in [1.165, 1.54) is 0 Å². The van der Waals surface area contributed by atoms with Crippen LogP contribution in [0, 0.1) is 0 Å². The predicted octanol–water partition coefficient (Wildman–Crippen LogP) is 1.03. The van der Waals surface area contributed by atoms with Gasteiger partial charge in [-0.2, -0.15) is 11.8 Å². The maximum absolute atomic E-state index is 11.7. The summed E-state index contributed by atoms with van der Waals surface area (Å²) >= 11 is 1.82. The summed E-state index contributed by atoms with van der Waals surface area (Å²) in [6, 6.07) is 0. The highest BCUT2D eigenvalue weighted by atomic mass is 32.2. The van der Waals surface area contributed by atoms with E-state index >= 15 is 0 Å². The number of thioether (sulfide) groups is 1. The summed E-state index contributed by atoms with van der Waals surface area (Å²) in [5.74, 6) is 1.90. The second-order valence-electron chi connectivity index (χ2n) is 3.21. The number of esters is 1. The quantitative estimate of drug-likeness (QED) is 0.695. The third-order valence-electron chi connectivity index (χ3n) is 2.39. The first-order valence-electron chi connectivity index (χ1n) is 4.69. The second-order valence-corrected chi connectivity index (χ2v) is 4.31. The van der Waals surface area contributed by atoms with Crippen LogP contribution in [-0.4, -0.2) is 36.7 Å². The third-order valence-corrected chi connectivity index (χ3v) is 3.66. The Kier molecular flexibility index (Phi) is 4.06. The molecule has 0 aromatic carbocycles. The molecule has 3 nitrogen and oxygen atoms in total. The van der Waals surface area contributed by atoms with E-state index in [2.05, 4.69) is 5.32 Å². The molecule has 0 bridgehead atoms. The molecule has 1 atom stereocenters. The average molecular weight is 203 g/mol. The van der Waals surface area contributed by atoms with Crippen molar-refractivity contribution < 1.29 is 9.53 Å². The van der Waals surface area contributed by atoms with Crippen LogP contribution in [0.3, 0.4) is 0 Å². The molecular formula is C9H17NO2S. The van der Waals surface area contributed by atoms with Crippen LogP contribution in [0.15, 0.2) is 0 Å². The van der Waals surface area contributed by atoms with Crippen LogP contribution < -0.4 is 5.32 Å². The lowest BCUT2D eigenvalue weighted by Crippen LogP contribution is -2.55. The molecule has 1 saturated heterocycles. The molecule has 76 valence electrons. The van der Waals surface area contributed by atoms with Gasteiger partial charge in [-0.1, -0.05) is 0 Å². The number of carbonyl (C=O) groups excluding carboxylic acids is 1. The Bertz CT molecular complexity index is 178. The number of ether oxygens (including phenoxy) is 1. The molecule has 0 radical (unpaired) electrons. The lowest BCUT2D eigenvalue weighted by Gasteiger charge is -2.33. The van der Waals surface area contributed by atoms with Gasteiger partial charge in [-0.25, -0.2) is 0 Å². The zero-order valence-corrected chi connectivity index (χ0v) is 9.08. The SMILES string of the molecule is CCOC(=O)C1(NC)CCCSC1. The minimum absolute atomic E-state index is 0.0929. The normalized spacial score (nSPS) is 28.5. The van der Waals surface area contributed by atoms with Crippen molar-refractivity contribution in [3.63, 3.8) is 0 Å². The van der Waals surface area contributed by atoms with Gasteiger partial charge in [0.2, 0.25) is 0 Å². The highest BCUT2D eigenvalue weighted by Gasteiger charge is 2.39. The van der Waals surface area contributed by atoms with Crippen molar-refractivity contribution in [3.8, 4) is 0 Å². The maximum Gasteiger partial charge on any atom is 0.327 e. The summed E-state index contributed by atoms with van der Waals surface area (Å²) in [4.78, 5) is 11.7. The first-order chi connectivity index (χ1) is 6.25. The number of hydrogen-bond acceptors (Lipinski definition) is 4. The summed E-state index contributed by atoms with van der Waals surface area (Å²) in [5.41, 5.74) is -0.418. The minimum atomic E-state index is -0.418. The first kappa shape index (κ1) is 10.9. The topological polar surface area (TPSA) is 38.3 Å². The van der Waals surface area contributed by atoms with Gasteiger partial charge in [-0.05, 0) is 32.6 Å². The zero-order chi connectivity index (χ0) is 9.73. The largest absolute Gasteiger partial charge is 0.465 e. The number of nitrogens with one attached hydrogen (secondary N) is 1. The highest BCUT2D eigenvalue weighted by Crippen LogP contribution is 2.27. The van der Waals surface area contributed by atoms with Gasteiger partial charge >= 0.3 is 5.97 Å². The Hall–Kier alpha value is -0.220. The van der Waals surface area contributed by atoms with Gasteiger partial charge in [0.05, 0.1) is 6.61 Å². The van der Waals surface area contributed by atoms with Crippen molar-refractivity contribution in [3.05, 3.63) is 0 Å². The molecule has 0 aliphatic carbocycles. The lowest BCUT2D eigenvalue weighted by atomic mass is 9.96. The van der Waals surface area contributed by atoms with E-state index in [1.54, 1.807) is 0 Å². The van der Waals surface area contributed by atoms with E-state index in [0.29, 0.717) is 6.61 Å². The Morgan fingerprint density at radius 3 is 2.92 bits per heavy atom. The predicted molar refractivity (Wildman–Crippen MR) is 55.0 cm³/mol. The van der Waals surface area contributed by atoms with Crippen molar-refractivity contribution in [2.24, 2.45) is 0 Å². The van der Waals surface area contributed by atoms with Crippen LogP contribution in [0.4, 0.5) is 0 Å². The molecule has 1 rings (SSSR count). The maximum atomic E-state index is 11.7. The van der Waals surface area contributed by atoms with Gasteiger partial charge in [-0.3, -0.25) is 4.79 Å². The third kappa shape index (κ3) is 2.38. The molecule has 4 heteroatoms. The monoisotopic (exact) mass is 203 g/mol. The van der Waals surface area contributed by atoms with Crippen LogP contribution in [0.2, 0.25) is 0 Å². The molecular weight excluding hydrogens is 186 g/mol. The van der Waals surface area contributed by atoms with E-state index in [1.807, 2.05) is 25.7 Å². The molecule has 1 unspecified atom stereocenters. The van der Waals surface area contributed by atoms with E-state index in [0.717, 1.165) is 24.3 Å². The fourth-order valence-corrected chi connectivity index (χ4v) is 2.77. The molecule has 1 heterocycles. The second kappa shape index (κ2) is 4.86.